The van der Waals surface area contributed by atoms with Crippen LogP contribution in [0, 0.1) is 5.92 Å². The first kappa shape index (κ1) is 48.6. The third-order valence-electron chi connectivity index (χ3n) is 10.2. The molecule has 0 bridgehead atoms. The Labute approximate surface area is 347 Å². The van der Waals surface area contributed by atoms with Gasteiger partial charge in [0.15, 0.2) is 6.29 Å². The van der Waals surface area contributed by atoms with Crippen molar-refractivity contribution in [2.45, 2.75) is 64.2 Å². The molecule has 0 spiro atoms. The SMILES string of the molecule is CC(C)CCCNC(=O)[C@H](N)CCCNC(=O)[C@@H](Cc1ccc(-c2ccccc2)cc1)NC(C=O)N1CCN(CC(=O)O)CCN(CC(=O)O)CCN(CC(=O)O)CC1. The number of carboxylic acids is 3. The van der Waals surface area contributed by atoms with Crippen molar-refractivity contribution >= 4 is 36.0 Å². The quantitative estimate of drug-likeness (QED) is 0.0601. The Bertz CT molecular complexity index is 1580. The van der Waals surface area contributed by atoms with E-state index in [0.29, 0.717) is 31.6 Å². The van der Waals surface area contributed by atoms with Crippen LogP contribution in [0.1, 0.15) is 45.1 Å². The van der Waals surface area contributed by atoms with Gasteiger partial charge in [0, 0.05) is 65.4 Å². The van der Waals surface area contributed by atoms with E-state index < -0.39 is 36.2 Å². The Morgan fingerprint density at radius 2 is 1.12 bits per heavy atom. The zero-order chi connectivity index (χ0) is 43.2. The molecule has 1 fully saturated rings. The summed E-state index contributed by atoms with van der Waals surface area (Å²) in [7, 11) is 0. The number of hydrogen-bond donors (Lipinski definition) is 7. The van der Waals surface area contributed by atoms with Gasteiger partial charge in [0.2, 0.25) is 11.8 Å². The van der Waals surface area contributed by atoms with Crippen molar-refractivity contribution in [2.75, 3.05) is 85.1 Å². The van der Waals surface area contributed by atoms with Crippen LogP contribution in [0.25, 0.3) is 11.1 Å². The third kappa shape index (κ3) is 19.2. The number of carboxylic acid groups (broad SMARTS) is 3. The Balaban J connectivity index is 1.80. The first-order chi connectivity index (χ1) is 28.2. The van der Waals surface area contributed by atoms with Gasteiger partial charge < -0.3 is 36.5 Å². The Hall–Kier alpha value is -4.78. The van der Waals surface area contributed by atoms with Gasteiger partial charge in [-0.1, -0.05) is 68.4 Å². The molecule has 1 aliphatic rings. The minimum Gasteiger partial charge on any atom is -0.480 e. The molecule has 17 heteroatoms. The molecule has 2 aromatic rings. The Kier molecular flexibility index (Phi) is 21.7. The van der Waals surface area contributed by atoms with Crippen molar-refractivity contribution in [3.63, 3.8) is 0 Å². The van der Waals surface area contributed by atoms with Gasteiger partial charge in [-0.25, -0.2) is 0 Å². The molecule has 59 heavy (non-hydrogen) atoms. The van der Waals surface area contributed by atoms with Gasteiger partial charge in [-0.3, -0.25) is 48.9 Å². The average Bonchev–Trinajstić information content (AvgIpc) is 3.19. The molecule has 1 unspecified atom stereocenters. The minimum atomic E-state index is -1.07. The molecule has 8 N–H and O–H groups in total. The largest absolute Gasteiger partial charge is 0.480 e. The fraction of sp³-hybridized carbons (Fsp3) is 0.571. The fourth-order valence-corrected chi connectivity index (χ4v) is 6.88. The van der Waals surface area contributed by atoms with Crippen molar-refractivity contribution in [1.82, 2.24) is 35.6 Å². The first-order valence-electron chi connectivity index (χ1n) is 20.5. The van der Waals surface area contributed by atoms with E-state index in [0.717, 1.165) is 29.5 Å². The predicted octanol–water partition coefficient (Wildman–Crippen LogP) is 0.631. The smallest absolute Gasteiger partial charge is 0.317 e. The zero-order valence-corrected chi connectivity index (χ0v) is 34.5. The summed E-state index contributed by atoms with van der Waals surface area (Å²) in [4.78, 5) is 81.3. The van der Waals surface area contributed by atoms with Crippen LogP contribution in [0.15, 0.2) is 54.6 Å². The fourth-order valence-electron chi connectivity index (χ4n) is 6.88. The van der Waals surface area contributed by atoms with E-state index in [4.69, 9.17) is 5.73 Å². The second kappa shape index (κ2) is 26.3. The number of carbonyl (C=O) groups excluding carboxylic acids is 3. The van der Waals surface area contributed by atoms with Gasteiger partial charge in [0.1, 0.15) is 6.17 Å². The van der Waals surface area contributed by atoms with Crippen LogP contribution >= 0.6 is 0 Å². The van der Waals surface area contributed by atoms with Gasteiger partial charge in [-0.05, 0) is 54.7 Å². The van der Waals surface area contributed by atoms with E-state index in [1.54, 1.807) is 19.6 Å². The first-order valence-corrected chi connectivity index (χ1v) is 20.5. The third-order valence-corrected chi connectivity index (χ3v) is 10.2. The summed E-state index contributed by atoms with van der Waals surface area (Å²) in [6, 6.07) is 16.0. The van der Waals surface area contributed by atoms with Crippen LogP contribution in [0.5, 0.6) is 0 Å². The maximum Gasteiger partial charge on any atom is 0.317 e. The average molecular weight is 825 g/mol. The number of carbonyl (C=O) groups is 6. The second-order valence-corrected chi connectivity index (χ2v) is 15.5. The summed E-state index contributed by atoms with van der Waals surface area (Å²) in [6.45, 7) is 5.78. The lowest BCUT2D eigenvalue weighted by atomic mass is 10.00. The van der Waals surface area contributed by atoms with E-state index in [9.17, 15) is 44.1 Å². The van der Waals surface area contributed by atoms with E-state index in [1.165, 1.54) is 0 Å². The molecule has 1 aliphatic heterocycles. The van der Waals surface area contributed by atoms with Crippen LogP contribution in [0.2, 0.25) is 0 Å². The highest BCUT2D eigenvalue weighted by Crippen LogP contribution is 2.20. The zero-order valence-electron chi connectivity index (χ0n) is 34.5. The standard InChI is InChI=1S/C42H64N8O9/c1-31(2)8-6-16-44-41(58)35(43)11-7-17-45-42(59)36(26-32-12-14-34(15-13-32)33-9-4-3-5-10-33)46-37(30-51)50-24-22-48(28-39(54)55)20-18-47(27-38(52)53)19-21-49(23-25-50)29-40(56)57/h3-5,9-10,12-15,30-31,35-37,46H,6-8,11,16-29,43H2,1-2H3,(H,44,58)(H,45,59)(H,52,53)(H,54,55)(H,56,57)/t35-,36-,37?/m1/s1. The normalized spacial score (nSPS) is 16.9. The highest BCUT2D eigenvalue weighted by molar-refractivity contribution is 5.83. The van der Waals surface area contributed by atoms with E-state index >= 15 is 0 Å². The Morgan fingerprint density at radius 1 is 0.661 bits per heavy atom. The summed E-state index contributed by atoms with van der Waals surface area (Å²) < 4.78 is 0. The molecule has 2 aromatic carbocycles. The maximum absolute atomic E-state index is 13.9. The van der Waals surface area contributed by atoms with Crippen molar-refractivity contribution in [2.24, 2.45) is 11.7 Å². The molecule has 0 aromatic heterocycles. The molecule has 3 atom stereocenters. The van der Waals surface area contributed by atoms with E-state index in [1.807, 2.05) is 54.6 Å². The second-order valence-electron chi connectivity index (χ2n) is 15.5. The summed E-state index contributed by atoms with van der Waals surface area (Å²) in [5, 5.41) is 37.8. The molecule has 3 rings (SSSR count). The molecule has 0 aliphatic carbocycles. The number of nitrogens with zero attached hydrogens (tertiary/aromatic N) is 4. The molecule has 17 nitrogen and oxygen atoms in total. The van der Waals surface area contributed by atoms with Crippen LogP contribution < -0.4 is 21.7 Å². The molecule has 1 heterocycles. The topological polar surface area (TPSA) is 238 Å². The monoisotopic (exact) mass is 824 g/mol. The highest BCUT2D eigenvalue weighted by atomic mass is 16.4. The molecule has 0 saturated carbocycles. The number of hydrogen-bond acceptors (Lipinski definition) is 12. The summed E-state index contributed by atoms with van der Waals surface area (Å²) in [5.41, 5.74) is 9.01. The molecular formula is C42H64N8O9. The van der Waals surface area contributed by atoms with Crippen molar-refractivity contribution in [3.05, 3.63) is 60.2 Å². The van der Waals surface area contributed by atoms with Crippen LogP contribution in [-0.2, 0) is 35.2 Å². The summed E-state index contributed by atoms with van der Waals surface area (Å²) in [6.07, 6.45) is 2.53. The van der Waals surface area contributed by atoms with Crippen molar-refractivity contribution < 1.29 is 44.1 Å². The van der Waals surface area contributed by atoms with Gasteiger partial charge in [-0.2, -0.15) is 0 Å². The van der Waals surface area contributed by atoms with E-state index in [-0.39, 0.29) is 96.8 Å². The molecule has 2 amide bonds. The van der Waals surface area contributed by atoms with Gasteiger partial charge >= 0.3 is 17.9 Å². The van der Waals surface area contributed by atoms with Crippen LogP contribution in [0.3, 0.4) is 0 Å². The van der Waals surface area contributed by atoms with Gasteiger partial charge in [0.25, 0.3) is 0 Å². The van der Waals surface area contributed by atoms with E-state index in [2.05, 4.69) is 29.8 Å². The lowest BCUT2D eigenvalue weighted by molar-refractivity contribution is -0.140. The lowest BCUT2D eigenvalue weighted by Gasteiger charge is -2.36. The van der Waals surface area contributed by atoms with Crippen molar-refractivity contribution in [1.29, 1.82) is 0 Å². The number of aldehydes is 1. The highest BCUT2D eigenvalue weighted by Gasteiger charge is 2.28. The number of aliphatic carboxylic acids is 3. The Morgan fingerprint density at radius 3 is 1.59 bits per heavy atom. The van der Waals surface area contributed by atoms with Gasteiger partial charge in [0.05, 0.1) is 31.7 Å². The van der Waals surface area contributed by atoms with Crippen molar-refractivity contribution in [3.8, 4) is 11.1 Å². The van der Waals surface area contributed by atoms with Crippen LogP contribution in [0.4, 0.5) is 0 Å². The minimum absolute atomic E-state index is 0.182. The maximum atomic E-state index is 13.9. The lowest BCUT2D eigenvalue weighted by Crippen LogP contribution is -2.58. The summed E-state index contributed by atoms with van der Waals surface area (Å²) in [5.74, 6) is -3.25. The molecular weight excluding hydrogens is 761 g/mol. The van der Waals surface area contributed by atoms with Crippen LogP contribution in [-0.4, -0.2) is 174 Å². The predicted molar refractivity (Wildman–Crippen MR) is 223 cm³/mol. The number of benzene rings is 2. The number of rotatable bonds is 23. The number of nitrogens with one attached hydrogen (secondary N) is 3. The molecule has 1 saturated heterocycles. The molecule has 326 valence electrons. The molecule has 0 radical (unpaired) electrons. The number of nitrogens with two attached hydrogens (primary N) is 1. The van der Waals surface area contributed by atoms with Gasteiger partial charge in [-0.15, -0.1) is 0 Å². The number of amides is 2. The summed E-state index contributed by atoms with van der Waals surface area (Å²) >= 11 is 0.